The number of carbonyl (C=O) groups excluding carboxylic acids is 1. The van der Waals surface area contributed by atoms with Crippen molar-refractivity contribution < 1.29 is 138 Å². The van der Waals surface area contributed by atoms with Crippen LogP contribution in [0.25, 0.3) is 6.08 Å². The molecule has 0 aromatic heterocycles. The predicted molar refractivity (Wildman–Crippen MR) is 330 cm³/mol. The van der Waals surface area contributed by atoms with E-state index in [0.29, 0.717) is 30.7 Å². The third-order valence-electron chi connectivity index (χ3n) is 24.6. The van der Waals surface area contributed by atoms with Gasteiger partial charge in [0.15, 0.2) is 42.9 Å². The Balaban J connectivity index is 0.696. The van der Waals surface area contributed by atoms with E-state index in [1.54, 1.807) is 6.07 Å². The highest BCUT2D eigenvalue weighted by atomic mass is 16.8. The second kappa shape index (κ2) is 28.0. The van der Waals surface area contributed by atoms with Crippen LogP contribution in [0, 0.1) is 50.2 Å². The standard InChI is InChI=1S/C68H102O28/c1-30-44(73)55(95-57-50(79)47(76)39(29-88-57)91-58-52(81)49(78)54(37(26-69)90-58)94-59-51(80)48(77)46(75)38(92-59)28-86-43(72)15-11-31-10-13-36(85-9)34(70)24-31)53(82)60(89-30)96-56-45(74)35(71)27-87-61(56)93-42-17-18-65(6)40(64(42,4)5)16-19-67(8)41(65)14-12-32-33-25-63(2,3)20-22-68(33,62(83)84)23-21-66(32,67)7/h10-13,15,24,30,33,35,37-42,44-61,69-71,73-82H,14,16-23,25-29H2,1-9H3,(H,83,84)/b15-11+/t30-,33-,35-,37+,38+,39+,40-,41+,42-,44-,45+,46+,47+,48-,49+,50+,51+,52+,53+,54+,55+,56+,57-,58-,59-,60-,61-,65-,66+,67+,68-/m0/s1. The van der Waals surface area contributed by atoms with Crippen LogP contribution in [0.3, 0.4) is 0 Å². The van der Waals surface area contributed by atoms with Gasteiger partial charge in [-0.15, -0.1) is 0 Å². The largest absolute Gasteiger partial charge is 0.504 e. The van der Waals surface area contributed by atoms with E-state index in [1.165, 1.54) is 37.8 Å². The number of rotatable bonds is 17. The molecule has 5 aliphatic heterocycles. The zero-order valence-electron chi connectivity index (χ0n) is 55.9. The number of aliphatic carboxylic acids is 1. The molecule has 5 heterocycles. The fraction of sp³-hybridized carbons (Fsp3) is 0.824. The lowest BCUT2D eigenvalue weighted by Gasteiger charge is -2.71. The molecule has 28 heteroatoms. The van der Waals surface area contributed by atoms with Gasteiger partial charge in [0.2, 0.25) is 0 Å². The Labute approximate surface area is 557 Å². The fourth-order valence-electron chi connectivity index (χ4n) is 18.6. The van der Waals surface area contributed by atoms with E-state index in [1.807, 2.05) is 0 Å². The SMILES string of the molecule is COc1ccc(/C=C/C(=O)OC[C@H]2O[C@@H](O[C@H]3[C@H](O)[C@@H](O)[C@H](O[C@@H]4CO[C@@H](O[C@@H]5[C@@H](O)[C@H](C)O[C@@H](O[C@H]6[C@H](O[C@H]7CC[C@]8(C)[C@H]9CC=C%10[C@@H]%11CC(C)(C)CC[C@]%11(C(=O)O)CC[C@@]%10(C)[C@]9(C)CC[C@H]8C7(C)C)OC[C@H](O)[C@H]6O)[C@@H]5O)[C@H](O)[C@@H]4O)O[C@@H]3CO)[C@H](O)[C@@H](O)[C@@H]2O)cc1O. The van der Waals surface area contributed by atoms with E-state index >= 15 is 0 Å². The van der Waals surface area contributed by atoms with E-state index in [0.717, 1.165) is 51.0 Å². The molecule has 5 aliphatic carbocycles. The molecule has 1 aromatic rings. The smallest absolute Gasteiger partial charge is 0.330 e. The van der Waals surface area contributed by atoms with E-state index in [-0.39, 0.29) is 51.6 Å². The van der Waals surface area contributed by atoms with Crippen molar-refractivity contribution in [2.24, 2.45) is 50.2 Å². The molecule has 0 spiro atoms. The van der Waals surface area contributed by atoms with Crippen LogP contribution < -0.4 is 4.74 Å². The number of carboxylic acid groups (broad SMARTS) is 1. The molecule has 0 bridgehead atoms. The lowest BCUT2D eigenvalue weighted by molar-refractivity contribution is -0.386. The van der Waals surface area contributed by atoms with Gasteiger partial charge in [-0.1, -0.05) is 66.2 Å². The normalized spacial score (nSPS) is 48.5. The molecule has 14 N–H and O–H groups in total. The molecule has 31 atom stereocenters. The minimum Gasteiger partial charge on any atom is -0.504 e. The van der Waals surface area contributed by atoms with Gasteiger partial charge >= 0.3 is 11.9 Å². The first-order valence-corrected chi connectivity index (χ1v) is 33.9. The number of methoxy groups -OCH3 is 1. The van der Waals surface area contributed by atoms with Crippen LogP contribution in [-0.2, 0) is 61.7 Å². The van der Waals surface area contributed by atoms with Crippen LogP contribution in [0.4, 0.5) is 0 Å². The first kappa shape index (κ1) is 73.6. The Morgan fingerprint density at radius 2 is 1.27 bits per heavy atom. The highest BCUT2D eigenvalue weighted by Crippen LogP contribution is 2.76. The molecular formula is C68H102O28. The van der Waals surface area contributed by atoms with E-state index < -0.39 is 190 Å². The Morgan fingerprint density at radius 3 is 1.97 bits per heavy atom. The topological polar surface area (TPSA) is 428 Å². The summed E-state index contributed by atoms with van der Waals surface area (Å²) in [5.41, 5.74) is 0.228. The third-order valence-corrected chi connectivity index (χ3v) is 24.6. The molecule has 0 radical (unpaired) electrons. The number of hydrogen-bond donors (Lipinski definition) is 14. The number of esters is 1. The van der Waals surface area contributed by atoms with E-state index in [2.05, 4.69) is 54.5 Å². The van der Waals surface area contributed by atoms with Crippen molar-refractivity contribution in [1.29, 1.82) is 0 Å². The Kier molecular flexibility index (Phi) is 21.4. The number of aromatic hydroxyl groups is 1. The second-order valence-corrected chi connectivity index (χ2v) is 30.9. The van der Waals surface area contributed by atoms with Crippen LogP contribution in [0.1, 0.15) is 125 Å². The van der Waals surface area contributed by atoms with Gasteiger partial charge in [0.05, 0.1) is 44.6 Å². The zero-order valence-corrected chi connectivity index (χ0v) is 55.9. The number of ether oxygens (including phenoxy) is 12. The minimum absolute atomic E-state index is 0.00854. The molecule has 11 rings (SSSR count). The molecule has 0 amide bonds. The Bertz CT molecular complexity index is 2960. The number of benzene rings is 1. The number of phenolic OH excluding ortho intramolecular Hbond substituents is 1. The highest BCUT2D eigenvalue weighted by molar-refractivity contribution is 5.87. The van der Waals surface area contributed by atoms with Crippen LogP contribution in [0.15, 0.2) is 35.9 Å². The maximum Gasteiger partial charge on any atom is 0.330 e. The molecule has 5 saturated heterocycles. The third kappa shape index (κ3) is 13.1. The number of hydrogen-bond acceptors (Lipinski definition) is 27. The average molecular weight is 1370 g/mol. The van der Waals surface area contributed by atoms with Gasteiger partial charge in [0, 0.05) is 6.08 Å². The molecule has 28 nitrogen and oxygen atoms in total. The molecule has 9 fully saturated rings. The molecule has 4 saturated carbocycles. The van der Waals surface area contributed by atoms with Gasteiger partial charge in [0.1, 0.15) is 110 Å². The number of aliphatic hydroxyl groups excluding tert-OH is 12. The number of aliphatic hydroxyl groups is 12. The minimum atomic E-state index is -2.05. The Hall–Kier alpha value is -3.64. The second-order valence-electron chi connectivity index (χ2n) is 30.9. The summed E-state index contributed by atoms with van der Waals surface area (Å²) in [6, 6.07) is 4.35. The lowest BCUT2D eigenvalue weighted by atomic mass is 9.33. The molecule has 0 unspecified atom stereocenters. The number of carboxylic acids is 1. The number of allylic oxidation sites excluding steroid dienone is 2. The van der Waals surface area contributed by atoms with E-state index in [4.69, 9.17) is 56.8 Å². The van der Waals surface area contributed by atoms with Gasteiger partial charge in [-0.25, -0.2) is 4.79 Å². The van der Waals surface area contributed by atoms with Gasteiger partial charge in [0.25, 0.3) is 0 Å². The zero-order chi connectivity index (χ0) is 69.7. The molecular weight excluding hydrogens is 1260 g/mol. The summed E-state index contributed by atoms with van der Waals surface area (Å²) in [4.78, 5) is 25.8. The monoisotopic (exact) mass is 1370 g/mol. The van der Waals surface area contributed by atoms with Crippen molar-refractivity contribution in [3.8, 4) is 11.5 Å². The van der Waals surface area contributed by atoms with Gasteiger partial charge in [-0.3, -0.25) is 4.79 Å². The summed E-state index contributed by atoms with van der Waals surface area (Å²) in [7, 11) is 1.37. The van der Waals surface area contributed by atoms with Crippen molar-refractivity contribution in [3.05, 3.63) is 41.5 Å². The van der Waals surface area contributed by atoms with Gasteiger partial charge in [-0.05, 0) is 140 Å². The van der Waals surface area contributed by atoms with Crippen molar-refractivity contribution in [3.63, 3.8) is 0 Å². The first-order chi connectivity index (χ1) is 45.1. The maximum absolute atomic E-state index is 13.2. The van der Waals surface area contributed by atoms with Crippen LogP contribution in [0.2, 0.25) is 0 Å². The molecule has 10 aliphatic rings. The summed E-state index contributed by atoms with van der Waals surface area (Å²) in [5.74, 6) is -1.09. The molecule has 542 valence electrons. The summed E-state index contributed by atoms with van der Waals surface area (Å²) < 4.78 is 70.4. The van der Waals surface area contributed by atoms with Crippen molar-refractivity contribution in [2.45, 2.75) is 267 Å². The van der Waals surface area contributed by atoms with E-state index in [9.17, 15) is 81.1 Å². The fourth-order valence-corrected chi connectivity index (χ4v) is 18.6. The molecule has 96 heavy (non-hydrogen) atoms. The van der Waals surface area contributed by atoms with Gasteiger partial charge in [-0.2, -0.15) is 0 Å². The summed E-state index contributed by atoms with van der Waals surface area (Å²) in [6.07, 6.45) is -27.1. The quantitative estimate of drug-likeness (QED) is 0.0440. The van der Waals surface area contributed by atoms with Gasteiger partial charge < -0.3 is 128 Å². The number of phenols is 1. The highest BCUT2D eigenvalue weighted by Gasteiger charge is 2.70. The summed E-state index contributed by atoms with van der Waals surface area (Å²) >= 11 is 0. The summed E-state index contributed by atoms with van der Waals surface area (Å²) in [6.45, 7) is 15.2. The molecule has 1 aromatic carbocycles. The average Bonchev–Trinajstić information content (AvgIpc) is 0.676. The predicted octanol–water partition coefficient (Wildman–Crippen LogP) is 0.639. The number of fused-ring (bicyclic) bond motifs is 7. The lowest BCUT2D eigenvalue weighted by Crippen LogP contribution is -2.66. The first-order valence-electron chi connectivity index (χ1n) is 33.9. The van der Waals surface area contributed by atoms with Crippen LogP contribution in [0.5, 0.6) is 11.5 Å². The Morgan fingerprint density at radius 1 is 0.625 bits per heavy atom. The van der Waals surface area contributed by atoms with Crippen LogP contribution in [-0.4, -0.2) is 264 Å². The van der Waals surface area contributed by atoms with Crippen molar-refractivity contribution >= 4 is 18.0 Å². The maximum atomic E-state index is 13.2. The van der Waals surface area contributed by atoms with Crippen LogP contribution >= 0.6 is 0 Å². The van der Waals surface area contributed by atoms with Crippen molar-refractivity contribution in [2.75, 3.05) is 33.5 Å². The number of carbonyl (C=O) groups is 2. The van der Waals surface area contributed by atoms with Crippen molar-refractivity contribution in [1.82, 2.24) is 0 Å². The summed E-state index contributed by atoms with van der Waals surface area (Å²) in [5, 5.41) is 155.